The lowest BCUT2D eigenvalue weighted by molar-refractivity contribution is -0.116. The molecule has 1 amide bonds. The molecule has 0 aliphatic carbocycles. The first-order valence-electron chi connectivity index (χ1n) is 7.05. The predicted octanol–water partition coefficient (Wildman–Crippen LogP) is 4.12. The Kier molecular flexibility index (Phi) is 3.97. The number of benzene rings is 2. The number of fused-ring (bicyclic) bond motifs is 1. The number of hydrogen-bond donors (Lipinski definition) is 2. The second kappa shape index (κ2) is 5.90. The molecule has 0 fully saturated rings. The second-order valence-electron chi connectivity index (χ2n) is 5.34. The van der Waals surface area contributed by atoms with E-state index in [1.807, 2.05) is 43.3 Å². The molecule has 2 aromatic carbocycles. The van der Waals surface area contributed by atoms with E-state index in [2.05, 4.69) is 32.6 Å². The Morgan fingerprint density at radius 3 is 2.86 bits per heavy atom. The third-order valence-corrected chi connectivity index (χ3v) is 4.31. The van der Waals surface area contributed by atoms with Gasteiger partial charge >= 0.3 is 0 Å². The Balaban J connectivity index is 1.80. The van der Waals surface area contributed by atoms with E-state index in [1.54, 1.807) is 0 Å². The normalized spacial score (nSPS) is 17.6. The molecule has 1 aliphatic rings. The van der Waals surface area contributed by atoms with Crippen molar-refractivity contribution in [2.45, 2.75) is 25.8 Å². The lowest BCUT2D eigenvalue weighted by Crippen LogP contribution is -2.33. The van der Waals surface area contributed by atoms with Crippen LogP contribution in [0, 0.1) is 6.92 Å². The van der Waals surface area contributed by atoms with Crippen LogP contribution in [0.5, 0.6) is 0 Å². The Labute approximate surface area is 132 Å². The topological polar surface area (TPSA) is 41.1 Å². The van der Waals surface area contributed by atoms with E-state index in [9.17, 15) is 4.79 Å². The van der Waals surface area contributed by atoms with Crippen molar-refractivity contribution in [2.24, 2.45) is 0 Å². The van der Waals surface area contributed by atoms with Crippen molar-refractivity contribution in [1.29, 1.82) is 0 Å². The van der Waals surface area contributed by atoms with Crippen molar-refractivity contribution >= 4 is 33.2 Å². The predicted molar refractivity (Wildman–Crippen MR) is 89.7 cm³/mol. The number of rotatable bonds is 2. The van der Waals surface area contributed by atoms with E-state index in [4.69, 9.17) is 0 Å². The summed E-state index contributed by atoms with van der Waals surface area (Å²) in [6.45, 7) is 2.04. The van der Waals surface area contributed by atoms with Crippen molar-refractivity contribution in [3.05, 3.63) is 58.1 Å². The molecule has 0 saturated heterocycles. The highest BCUT2D eigenvalue weighted by molar-refractivity contribution is 9.10. The smallest absolute Gasteiger partial charge is 0.246 e. The van der Waals surface area contributed by atoms with E-state index in [-0.39, 0.29) is 11.9 Å². The molecule has 1 atom stereocenters. The third kappa shape index (κ3) is 3.10. The van der Waals surface area contributed by atoms with Crippen molar-refractivity contribution in [3.8, 4) is 0 Å². The van der Waals surface area contributed by atoms with Crippen LogP contribution in [0.3, 0.4) is 0 Å². The standard InChI is InChI=1S/C17H17BrN2O/c1-11-10-13(18)7-9-14(11)19-16-8-6-12-4-2-3-5-15(12)20-17(16)21/h2-5,7,9-10,16,19H,6,8H2,1H3,(H,20,21). The quantitative estimate of drug-likeness (QED) is 0.860. The minimum absolute atomic E-state index is 0.0299. The zero-order chi connectivity index (χ0) is 14.8. The maximum atomic E-state index is 12.4. The molecule has 3 rings (SSSR count). The van der Waals surface area contributed by atoms with E-state index >= 15 is 0 Å². The Morgan fingerprint density at radius 2 is 2.05 bits per heavy atom. The van der Waals surface area contributed by atoms with Gasteiger partial charge in [0.1, 0.15) is 6.04 Å². The molecule has 0 saturated carbocycles. The molecule has 1 aliphatic heterocycles. The van der Waals surface area contributed by atoms with Gasteiger partial charge in [0, 0.05) is 15.8 Å². The molecule has 108 valence electrons. The fourth-order valence-electron chi connectivity index (χ4n) is 2.63. The van der Waals surface area contributed by atoms with Gasteiger partial charge in [-0.25, -0.2) is 0 Å². The minimum atomic E-state index is -0.211. The zero-order valence-electron chi connectivity index (χ0n) is 11.8. The monoisotopic (exact) mass is 344 g/mol. The highest BCUT2D eigenvalue weighted by Crippen LogP contribution is 2.25. The number of amides is 1. The van der Waals surface area contributed by atoms with Gasteiger partial charge in [0.15, 0.2) is 0 Å². The van der Waals surface area contributed by atoms with Gasteiger partial charge in [0.05, 0.1) is 0 Å². The molecule has 4 heteroatoms. The first-order valence-corrected chi connectivity index (χ1v) is 7.84. The van der Waals surface area contributed by atoms with Gasteiger partial charge in [0.2, 0.25) is 5.91 Å². The maximum Gasteiger partial charge on any atom is 0.246 e. The molecule has 1 unspecified atom stereocenters. The summed E-state index contributed by atoms with van der Waals surface area (Å²) < 4.78 is 1.04. The molecule has 0 bridgehead atoms. The van der Waals surface area contributed by atoms with Crippen molar-refractivity contribution in [1.82, 2.24) is 0 Å². The van der Waals surface area contributed by atoms with Crippen LogP contribution < -0.4 is 10.6 Å². The maximum absolute atomic E-state index is 12.4. The number of aryl methyl sites for hydroxylation is 2. The minimum Gasteiger partial charge on any atom is -0.373 e. The fourth-order valence-corrected chi connectivity index (χ4v) is 3.10. The molecule has 2 aromatic rings. The van der Waals surface area contributed by atoms with Crippen LogP contribution in [-0.2, 0) is 11.2 Å². The van der Waals surface area contributed by atoms with Gasteiger partial charge in [-0.2, -0.15) is 0 Å². The van der Waals surface area contributed by atoms with Crippen LogP contribution in [0.2, 0.25) is 0 Å². The molecule has 21 heavy (non-hydrogen) atoms. The third-order valence-electron chi connectivity index (χ3n) is 3.81. The number of para-hydroxylation sites is 1. The molecular formula is C17H17BrN2O. The van der Waals surface area contributed by atoms with Gasteiger partial charge in [-0.1, -0.05) is 34.1 Å². The summed E-state index contributed by atoms with van der Waals surface area (Å²) in [5, 5.41) is 6.38. The summed E-state index contributed by atoms with van der Waals surface area (Å²) in [5.41, 5.74) is 4.25. The second-order valence-corrected chi connectivity index (χ2v) is 6.26. The number of carbonyl (C=O) groups is 1. The van der Waals surface area contributed by atoms with Gasteiger partial charge in [-0.05, 0) is 55.2 Å². The Morgan fingerprint density at radius 1 is 1.24 bits per heavy atom. The molecule has 3 nitrogen and oxygen atoms in total. The summed E-state index contributed by atoms with van der Waals surface area (Å²) in [6, 6.07) is 13.8. The van der Waals surface area contributed by atoms with E-state index in [0.717, 1.165) is 34.3 Å². The fraction of sp³-hybridized carbons (Fsp3) is 0.235. The SMILES string of the molecule is Cc1cc(Br)ccc1NC1CCc2ccccc2NC1=O. The molecule has 2 N–H and O–H groups in total. The van der Waals surface area contributed by atoms with Crippen molar-refractivity contribution in [3.63, 3.8) is 0 Å². The molecular weight excluding hydrogens is 328 g/mol. The average Bonchev–Trinajstić information content (AvgIpc) is 2.61. The summed E-state index contributed by atoms with van der Waals surface area (Å²) >= 11 is 3.46. The highest BCUT2D eigenvalue weighted by Gasteiger charge is 2.23. The van der Waals surface area contributed by atoms with Crippen LogP contribution in [0.1, 0.15) is 17.5 Å². The van der Waals surface area contributed by atoms with Crippen molar-refractivity contribution < 1.29 is 4.79 Å². The number of halogens is 1. The van der Waals surface area contributed by atoms with Crippen LogP contribution in [0.15, 0.2) is 46.9 Å². The summed E-state index contributed by atoms with van der Waals surface area (Å²) in [6.07, 6.45) is 1.68. The first kappa shape index (κ1) is 14.1. The molecule has 0 spiro atoms. The van der Waals surface area contributed by atoms with Gasteiger partial charge < -0.3 is 10.6 Å². The average molecular weight is 345 g/mol. The van der Waals surface area contributed by atoms with E-state index in [1.165, 1.54) is 5.56 Å². The number of carbonyl (C=O) groups excluding carboxylic acids is 1. The van der Waals surface area contributed by atoms with Gasteiger partial charge in [-0.3, -0.25) is 4.79 Å². The Hall–Kier alpha value is -1.81. The highest BCUT2D eigenvalue weighted by atomic mass is 79.9. The number of anilines is 2. The summed E-state index contributed by atoms with van der Waals surface area (Å²) in [5.74, 6) is 0.0299. The molecule has 0 aromatic heterocycles. The van der Waals surface area contributed by atoms with Crippen LogP contribution in [-0.4, -0.2) is 11.9 Å². The first-order chi connectivity index (χ1) is 10.1. The molecule has 0 radical (unpaired) electrons. The van der Waals surface area contributed by atoms with Crippen LogP contribution in [0.4, 0.5) is 11.4 Å². The number of hydrogen-bond acceptors (Lipinski definition) is 2. The van der Waals surface area contributed by atoms with Gasteiger partial charge in [0.25, 0.3) is 0 Å². The summed E-state index contributed by atoms with van der Waals surface area (Å²) in [7, 11) is 0. The van der Waals surface area contributed by atoms with Crippen LogP contribution in [0.25, 0.3) is 0 Å². The van der Waals surface area contributed by atoms with Crippen LogP contribution >= 0.6 is 15.9 Å². The number of nitrogens with one attached hydrogen (secondary N) is 2. The zero-order valence-corrected chi connectivity index (χ0v) is 13.4. The van der Waals surface area contributed by atoms with Gasteiger partial charge in [-0.15, -0.1) is 0 Å². The van der Waals surface area contributed by atoms with E-state index < -0.39 is 0 Å². The van der Waals surface area contributed by atoms with Crippen molar-refractivity contribution in [2.75, 3.05) is 10.6 Å². The van der Waals surface area contributed by atoms with E-state index in [0.29, 0.717) is 0 Å². The molecule has 1 heterocycles. The largest absolute Gasteiger partial charge is 0.373 e. The lowest BCUT2D eigenvalue weighted by atomic mass is 10.1. The summed E-state index contributed by atoms with van der Waals surface area (Å²) in [4.78, 5) is 12.4. The Bertz CT molecular complexity index is 684. The lowest BCUT2D eigenvalue weighted by Gasteiger charge is -2.18.